The van der Waals surface area contributed by atoms with Gasteiger partial charge in [0.05, 0.1) is 26.0 Å². The molecule has 0 radical (unpaired) electrons. The Labute approximate surface area is 132 Å². The lowest BCUT2D eigenvalue weighted by atomic mass is 10.3. The Morgan fingerprint density at radius 1 is 1.43 bits per heavy atom. The second-order valence-corrected chi connectivity index (χ2v) is 6.44. The number of amides is 1. The van der Waals surface area contributed by atoms with Crippen LogP contribution in [0.1, 0.15) is 0 Å². The number of hydrogen-bond acceptors (Lipinski definition) is 6. The van der Waals surface area contributed by atoms with E-state index in [1.807, 2.05) is 24.3 Å². The number of nitrogens with zero attached hydrogens (tertiary/aromatic N) is 1. The monoisotopic (exact) mass is 326 g/mol. The number of aliphatic imine (C=N–C) groups is 1. The minimum Gasteiger partial charge on any atom is -0.493 e. The van der Waals surface area contributed by atoms with Crippen LogP contribution >= 0.6 is 23.5 Å². The van der Waals surface area contributed by atoms with Crippen molar-refractivity contribution in [3.8, 4) is 11.5 Å². The van der Waals surface area contributed by atoms with Crippen molar-refractivity contribution in [1.29, 1.82) is 0 Å². The first-order valence-corrected chi connectivity index (χ1v) is 8.59. The first kappa shape index (κ1) is 16.0. The molecule has 1 aromatic carbocycles. The standard InChI is InChI=1S/C14H18N2O3S2/c1-18-11-4-2-3-5-12(11)19-8-6-15-13(17)10-21-14-16-7-9-20-14/h2-5H,6-10H2,1H3,(H,15,17). The predicted molar refractivity (Wildman–Crippen MR) is 88.7 cm³/mol. The van der Waals surface area contributed by atoms with Crippen molar-refractivity contribution in [2.75, 3.05) is 38.3 Å². The number of thioether (sulfide) groups is 2. The molecular weight excluding hydrogens is 308 g/mol. The van der Waals surface area contributed by atoms with Crippen LogP contribution in [-0.4, -0.2) is 48.6 Å². The molecule has 0 fully saturated rings. The van der Waals surface area contributed by atoms with Crippen LogP contribution in [0.3, 0.4) is 0 Å². The zero-order valence-electron chi connectivity index (χ0n) is 11.8. The Morgan fingerprint density at radius 2 is 2.24 bits per heavy atom. The first-order valence-electron chi connectivity index (χ1n) is 6.62. The predicted octanol–water partition coefficient (Wildman–Crippen LogP) is 2.03. The molecule has 1 aliphatic rings. The van der Waals surface area contributed by atoms with E-state index in [1.54, 1.807) is 18.9 Å². The van der Waals surface area contributed by atoms with Gasteiger partial charge in [-0.3, -0.25) is 9.79 Å². The zero-order chi connectivity index (χ0) is 14.9. The number of para-hydroxylation sites is 2. The van der Waals surface area contributed by atoms with E-state index in [4.69, 9.17) is 9.47 Å². The molecule has 0 aliphatic carbocycles. The molecule has 1 aromatic rings. The molecule has 1 N–H and O–H groups in total. The maximum absolute atomic E-state index is 11.7. The van der Waals surface area contributed by atoms with Gasteiger partial charge in [-0.15, -0.1) is 0 Å². The molecular formula is C14H18N2O3S2. The van der Waals surface area contributed by atoms with Gasteiger partial charge in [-0.25, -0.2) is 0 Å². The summed E-state index contributed by atoms with van der Waals surface area (Å²) in [5, 5.41) is 2.82. The molecule has 21 heavy (non-hydrogen) atoms. The lowest BCUT2D eigenvalue weighted by Crippen LogP contribution is -2.29. The second-order valence-electron chi connectivity index (χ2n) is 4.13. The minimum absolute atomic E-state index is 0.00109. The summed E-state index contributed by atoms with van der Waals surface area (Å²) in [6.45, 7) is 1.74. The van der Waals surface area contributed by atoms with E-state index < -0.39 is 0 Å². The number of benzene rings is 1. The van der Waals surface area contributed by atoms with Gasteiger partial charge in [0.15, 0.2) is 11.5 Å². The van der Waals surface area contributed by atoms with Gasteiger partial charge in [-0.2, -0.15) is 0 Å². The van der Waals surface area contributed by atoms with Crippen LogP contribution in [0.5, 0.6) is 11.5 Å². The number of hydrogen-bond donors (Lipinski definition) is 1. The van der Waals surface area contributed by atoms with E-state index in [9.17, 15) is 4.79 Å². The Bertz CT molecular complexity index is 509. The van der Waals surface area contributed by atoms with Gasteiger partial charge in [0.2, 0.25) is 5.91 Å². The largest absolute Gasteiger partial charge is 0.493 e. The van der Waals surface area contributed by atoms with Crippen molar-refractivity contribution in [1.82, 2.24) is 5.32 Å². The average molecular weight is 326 g/mol. The fourth-order valence-corrected chi connectivity index (χ4v) is 3.51. The molecule has 7 heteroatoms. The molecule has 0 saturated carbocycles. The topological polar surface area (TPSA) is 59.9 Å². The van der Waals surface area contributed by atoms with Crippen molar-refractivity contribution >= 4 is 33.8 Å². The summed E-state index contributed by atoms with van der Waals surface area (Å²) < 4.78 is 11.8. The molecule has 5 nitrogen and oxygen atoms in total. The Morgan fingerprint density at radius 3 is 2.95 bits per heavy atom. The maximum atomic E-state index is 11.7. The normalized spacial score (nSPS) is 13.7. The fourth-order valence-electron chi connectivity index (χ4n) is 1.67. The van der Waals surface area contributed by atoms with E-state index in [1.165, 1.54) is 11.8 Å². The van der Waals surface area contributed by atoms with Crippen molar-refractivity contribution < 1.29 is 14.3 Å². The van der Waals surface area contributed by atoms with Crippen LogP contribution in [0.25, 0.3) is 0 Å². The summed E-state index contributed by atoms with van der Waals surface area (Å²) in [6.07, 6.45) is 0. The van der Waals surface area contributed by atoms with Crippen molar-refractivity contribution in [2.24, 2.45) is 4.99 Å². The Kier molecular flexibility index (Phi) is 6.75. The molecule has 0 spiro atoms. The van der Waals surface area contributed by atoms with Crippen molar-refractivity contribution in [3.63, 3.8) is 0 Å². The van der Waals surface area contributed by atoms with Crippen LogP contribution in [0.2, 0.25) is 0 Å². The SMILES string of the molecule is COc1ccccc1OCCNC(=O)CSC1=NCCS1. The van der Waals surface area contributed by atoms with Crippen LogP contribution in [-0.2, 0) is 4.79 Å². The minimum atomic E-state index is -0.00109. The number of rotatable bonds is 7. The lowest BCUT2D eigenvalue weighted by molar-refractivity contribution is -0.118. The highest BCUT2D eigenvalue weighted by Crippen LogP contribution is 2.25. The van der Waals surface area contributed by atoms with E-state index in [2.05, 4.69) is 10.3 Å². The number of carbonyl (C=O) groups is 1. The van der Waals surface area contributed by atoms with Crippen molar-refractivity contribution in [3.05, 3.63) is 24.3 Å². The van der Waals surface area contributed by atoms with E-state index in [-0.39, 0.29) is 5.91 Å². The Hall–Kier alpha value is -1.34. The van der Waals surface area contributed by atoms with Crippen LogP contribution < -0.4 is 14.8 Å². The molecule has 1 amide bonds. The van der Waals surface area contributed by atoms with Gasteiger partial charge in [0, 0.05) is 5.75 Å². The van der Waals surface area contributed by atoms with Gasteiger partial charge in [0.25, 0.3) is 0 Å². The first-order chi connectivity index (χ1) is 10.3. The molecule has 114 valence electrons. The van der Waals surface area contributed by atoms with E-state index in [0.29, 0.717) is 30.4 Å². The van der Waals surface area contributed by atoms with Gasteiger partial charge in [0.1, 0.15) is 11.0 Å². The summed E-state index contributed by atoms with van der Waals surface area (Å²) in [6, 6.07) is 7.44. The summed E-state index contributed by atoms with van der Waals surface area (Å²) >= 11 is 3.20. The highest BCUT2D eigenvalue weighted by atomic mass is 32.2. The van der Waals surface area contributed by atoms with Crippen LogP contribution in [0.4, 0.5) is 0 Å². The lowest BCUT2D eigenvalue weighted by Gasteiger charge is -2.10. The third kappa shape index (κ3) is 5.51. The molecule has 1 heterocycles. The van der Waals surface area contributed by atoms with Crippen molar-refractivity contribution in [2.45, 2.75) is 0 Å². The van der Waals surface area contributed by atoms with Crippen LogP contribution in [0, 0.1) is 0 Å². The summed E-state index contributed by atoms with van der Waals surface area (Å²) in [4.78, 5) is 15.9. The third-order valence-corrected chi connectivity index (χ3v) is 4.89. The van der Waals surface area contributed by atoms with E-state index >= 15 is 0 Å². The van der Waals surface area contributed by atoms with Crippen LogP contribution in [0.15, 0.2) is 29.3 Å². The number of ether oxygens (including phenoxy) is 2. The fraction of sp³-hybridized carbons (Fsp3) is 0.429. The third-order valence-electron chi connectivity index (χ3n) is 2.64. The summed E-state index contributed by atoms with van der Waals surface area (Å²) in [5.41, 5.74) is 0. The second kappa shape index (κ2) is 8.84. The quantitative estimate of drug-likeness (QED) is 0.777. The molecule has 0 saturated heterocycles. The number of carbonyl (C=O) groups excluding carboxylic acids is 1. The van der Waals surface area contributed by atoms with Gasteiger partial charge in [-0.1, -0.05) is 35.7 Å². The molecule has 0 atom stereocenters. The highest BCUT2D eigenvalue weighted by molar-refractivity contribution is 8.39. The van der Waals surface area contributed by atoms with Gasteiger partial charge < -0.3 is 14.8 Å². The zero-order valence-corrected chi connectivity index (χ0v) is 13.5. The Balaban J connectivity index is 1.61. The smallest absolute Gasteiger partial charge is 0.230 e. The molecule has 0 unspecified atom stereocenters. The molecule has 0 bridgehead atoms. The summed E-state index contributed by atoms with van der Waals surface area (Å²) in [7, 11) is 1.60. The molecule has 2 rings (SSSR count). The highest BCUT2D eigenvalue weighted by Gasteiger charge is 2.10. The number of nitrogens with one attached hydrogen (secondary N) is 1. The van der Waals surface area contributed by atoms with E-state index in [0.717, 1.165) is 16.7 Å². The maximum Gasteiger partial charge on any atom is 0.230 e. The number of methoxy groups -OCH3 is 1. The summed E-state index contributed by atoms with van der Waals surface area (Å²) in [5.74, 6) is 2.80. The van der Waals surface area contributed by atoms with Gasteiger partial charge >= 0.3 is 0 Å². The average Bonchev–Trinajstić information content (AvgIpc) is 3.03. The molecule has 1 aliphatic heterocycles. The van der Waals surface area contributed by atoms with Gasteiger partial charge in [-0.05, 0) is 12.1 Å². The molecule has 0 aromatic heterocycles.